The summed E-state index contributed by atoms with van der Waals surface area (Å²) in [6.45, 7) is 0. The Kier molecular flexibility index (Phi) is 6.84. The molecule has 0 fully saturated rings. The number of nitrogens with zero attached hydrogens (tertiary/aromatic N) is 1. The summed E-state index contributed by atoms with van der Waals surface area (Å²) in [6, 6.07) is 23.2. The van der Waals surface area contributed by atoms with Crippen molar-refractivity contribution in [1.29, 1.82) is 0 Å². The zero-order valence-corrected chi connectivity index (χ0v) is 22.2. The van der Waals surface area contributed by atoms with Crippen molar-refractivity contribution in [3.8, 4) is 28.5 Å². The van der Waals surface area contributed by atoms with Crippen LogP contribution >= 0.6 is 0 Å². The van der Waals surface area contributed by atoms with E-state index in [0.29, 0.717) is 50.5 Å². The highest BCUT2D eigenvalue weighted by Gasteiger charge is 2.25. The summed E-state index contributed by atoms with van der Waals surface area (Å²) in [6.07, 6.45) is 0. The van der Waals surface area contributed by atoms with E-state index in [1.54, 1.807) is 60.7 Å². The Balaban J connectivity index is 1.67. The van der Waals surface area contributed by atoms with Gasteiger partial charge in [-0.1, -0.05) is 36.4 Å². The lowest BCUT2D eigenvalue weighted by Gasteiger charge is -2.14. The highest BCUT2D eigenvalue weighted by Crippen LogP contribution is 2.39. The molecule has 0 unspecified atom stereocenters. The van der Waals surface area contributed by atoms with Crippen LogP contribution in [0.1, 0.15) is 15.9 Å². The van der Waals surface area contributed by atoms with Gasteiger partial charge < -0.3 is 14.2 Å². The Hall–Kier alpha value is -4.63. The van der Waals surface area contributed by atoms with Crippen molar-refractivity contribution in [2.45, 2.75) is 4.90 Å². The molecule has 0 aliphatic carbocycles. The molecule has 0 spiro atoms. The normalized spacial score (nSPS) is 11.4. The first-order valence-electron chi connectivity index (χ1n) is 11.8. The molecule has 0 aliphatic rings. The molecule has 0 amide bonds. The largest absolute Gasteiger partial charge is 0.493 e. The Morgan fingerprint density at radius 3 is 2.08 bits per heavy atom. The minimum atomic E-state index is -4.06. The fraction of sp³-hybridized carbons (Fsp3) is 0.100. The van der Waals surface area contributed by atoms with Crippen molar-refractivity contribution >= 4 is 26.7 Å². The average Bonchev–Trinajstić information content (AvgIpc) is 3.36. The van der Waals surface area contributed by atoms with Gasteiger partial charge in [0.1, 0.15) is 5.82 Å². The van der Waals surface area contributed by atoms with Crippen LogP contribution in [0.15, 0.2) is 95.9 Å². The second-order valence-corrected chi connectivity index (χ2v) is 10.4. The van der Waals surface area contributed by atoms with Gasteiger partial charge >= 0.3 is 0 Å². The van der Waals surface area contributed by atoms with Crippen molar-refractivity contribution in [3.63, 3.8) is 0 Å². The lowest BCUT2D eigenvalue weighted by molar-refractivity contribution is 0.103. The summed E-state index contributed by atoms with van der Waals surface area (Å²) in [5.74, 6) is 0.179. The molecule has 5 rings (SSSR count). The maximum Gasteiger partial charge on any atom is 0.268 e. The molecule has 1 aromatic heterocycles. The zero-order valence-electron chi connectivity index (χ0n) is 21.3. The van der Waals surface area contributed by atoms with E-state index >= 15 is 0 Å². The van der Waals surface area contributed by atoms with Crippen molar-refractivity contribution < 1.29 is 31.8 Å². The molecular formula is C30H24FNO6S. The van der Waals surface area contributed by atoms with E-state index in [-0.39, 0.29) is 10.7 Å². The third-order valence-corrected chi connectivity index (χ3v) is 8.09. The average molecular weight is 546 g/mol. The van der Waals surface area contributed by atoms with Gasteiger partial charge in [0, 0.05) is 16.5 Å². The summed E-state index contributed by atoms with van der Waals surface area (Å²) in [5.41, 5.74) is 1.67. The summed E-state index contributed by atoms with van der Waals surface area (Å²) < 4.78 is 59.0. The molecule has 9 heteroatoms. The molecule has 198 valence electrons. The molecule has 0 radical (unpaired) electrons. The third-order valence-electron chi connectivity index (χ3n) is 6.35. The Labute approximate surface area is 225 Å². The molecule has 0 aliphatic heterocycles. The molecule has 7 nitrogen and oxygen atoms in total. The van der Waals surface area contributed by atoms with Crippen molar-refractivity contribution in [2.75, 3.05) is 21.3 Å². The van der Waals surface area contributed by atoms with E-state index in [9.17, 15) is 17.6 Å². The highest BCUT2D eigenvalue weighted by atomic mass is 32.2. The van der Waals surface area contributed by atoms with E-state index in [0.717, 1.165) is 0 Å². The number of rotatable bonds is 8. The van der Waals surface area contributed by atoms with Gasteiger partial charge in [0.05, 0.1) is 37.4 Å². The topological polar surface area (TPSA) is 83.8 Å². The van der Waals surface area contributed by atoms with Crippen LogP contribution < -0.4 is 14.2 Å². The third kappa shape index (κ3) is 4.61. The van der Waals surface area contributed by atoms with Crippen molar-refractivity contribution in [3.05, 3.63) is 108 Å². The molecular weight excluding hydrogens is 521 g/mol. The van der Waals surface area contributed by atoms with Crippen LogP contribution in [0.5, 0.6) is 17.2 Å². The monoisotopic (exact) mass is 545 g/mol. The maximum atomic E-state index is 14.1. The molecule has 0 N–H and O–H groups in total. The molecule has 0 saturated carbocycles. The van der Waals surface area contributed by atoms with Crippen LogP contribution in [0, 0.1) is 5.82 Å². The lowest BCUT2D eigenvalue weighted by Crippen LogP contribution is -2.14. The lowest BCUT2D eigenvalue weighted by atomic mass is 9.99. The minimum absolute atomic E-state index is 0.0812. The first-order chi connectivity index (χ1) is 18.8. The minimum Gasteiger partial charge on any atom is -0.493 e. The van der Waals surface area contributed by atoms with E-state index in [4.69, 9.17) is 14.2 Å². The number of aromatic nitrogens is 1. The van der Waals surface area contributed by atoms with Gasteiger partial charge in [0.25, 0.3) is 10.0 Å². The van der Waals surface area contributed by atoms with Crippen molar-refractivity contribution in [2.24, 2.45) is 0 Å². The van der Waals surface area contributed by atoms with Gasteiger partial charge in [-0.15, -0.1) is 0 Å². The SMILES string of the molecule is COc1cc(C(=O)c2cccc(-c3cc4cc(F)ccc4n3S(=O)(=O)c3ccccc3)c2)cc(OC)c1OC. The number of ketones is 1. The second-order valence-electron chi connectivity index (χ2n) is 8.64. The summed E-state index contributed by atoms with van der Waals surface area (Å²) in [7, 11) is 0.328. The molecule has 0 bridgehead atoms. The summed E-state index contributed by atoms with van der Waals surface area (Å²) in [5, 5.41) is 0.408. The number of methoxy groups -OCH3 is 3. The van der Waals surface area contributed by atoms with Gasteiger partial charge in [-0.3, -0.25) is 4.79 Å². The van der Waals surface area contributed by atoms with Gasteiger partial charge in [-0.2, -0.15) is 0 Å². The number of hydrogen-bond donors (Lipinski definition) is 0. The zero-order chi connectivity index (χ0) is 27.7. The predicted octanol–water partition coefficient (Wildman–Crippen LogP) is 5.94. The number of halogens is 1. The molecule has 39 heavy (non-hydrogen) atoms. The summed E-state index contributed by atoms with van der Waals surface area (Å²) >= 11 is 0. The number of hydrogen-bond acceptors (Lipinski definition) is 6. The van der Waals surface area contributed by atoms with Gasteiger partial charge in [-0.05, 0) is 60.2 Å². The summed E-state index contributed by atoms with van der Waals surface area (Å²) in [4.78, 5) is 13.6. The van der Waals surface area contributed by atoms with Gasteiger partial charge in [0.15, 0.2) is 17.3 Å². The van der Waals surface area contributed by atoms with Crippen LogP contribution in [0.25, 0.3) is 22.2 Å². The number of carbonyl (C=O) groups excluding carboxylic acids is 1. The maximum absolute atomic E-state index is 14.1. The van der Waals surface area contributed by atoms with Crippen LogP contribution in [0.3, 0.4) is 0 Å². The Bertz CT molecular complexity index is 1790. The van der Waals surface area contributed by atoms with E-state index in [1.807, 2.05) is 0 Å². The molecule has 0 atom stereocenters. The molecule has 1 heterocycles. The van der Waals surface area contributed by atoms with Crippen LogP contribution in [-0.2, 0) is 10.0 Å². The second kappa shape index (κ2) is 10.3. The quantitative estimate of drug-likeness (QED) is 0.224. The molecule has 5 aromatic rings. The smallest absolute Gasteiger partial charge is 0.268 e. The number of fused-ring (bicyclic) bond motifs is 1. The van der Waals surface area contributed by atoms with Crippen LogP contribution in [0.2, 0.25) is 0 Å². The number of benzene rings is 4. The predicted molar refractivity (Wildman–Crippen MR) is 146 cm³/mol. The highest BCUT2D eigenvalue weighted by molar-refractivity contribution is 7.90. The van der Waals surface area contributed by atoms with Gasteiger partial charge in [-0.25, -0.2) is 16.8 Å². The first kappa shape index (κ1) is 26.0. The van der Waals surface area contributed by atoms with Crippen LogP contribution in [-0.4, -0.2) is 39.5 Å². The number of carbonyl (C=O) groups is 1. The van der Waals surface area contributed by atoms with E-state index < -0.39 is 15.8 Å². The number of ether oxygens (including phenoxy) is 3. The fourth-order valence-electron chi connectivity index (χ4n) is 4.52. The van der Waals surface area contributed by atoms with E-state index in [1.165, 1.54) is 55.6 Å². The molecule has 0 saturated heterocycles. The Morgan fingerprint density at radius 1 is 0.744 bits per heavy atom. The molecule has 4 aromatic carbocycles. The Morgan fingerprint density at radius 2 is 1.44 bits per heavy atom. The van der Waals surface area contributed by atoms with Crippen LogP contribution in [0.4, 0.5) is 4.39 Å². The fourth-order valence-corrected chi connectivity index (χ4v) is 6.07. The van der Waals surface area contributed by atoms with E-state index in [2.05, 4.69) is 0 Å². The van der Waals surface area contributed by atoms with Crippen molar-refractivity contribution in [1.82, 2.24) is 3.97 Å². The standard InChI is InChI=1S/C30H24FNO6S/c1-36-27-17-22(18-28(37-2)30(27)38-3)29(33)20-9-7-8-19(14-20)26-16-21-15-23(31)12-13-25(21)32(26)39(34,35)24-10-5-4-6-11-24/h4-18H,1-3H3. The first-order valence-corrected chi connectivity index (χ1v) is 13.3. The van der Waals surface area contributed by atoms with Gasteiger partial charge in [0.2, 0.25) is 5.75 Å².